The van der Waals surface area contributed by atoms with Gasteiger partial charge in [0.1, 0.15) is 6.10 Å². The molecule has 0 saturated heterocycles. The molecule has 1 unspecified atom stereocenters. The van der Waals surface area contributed by atoms with E-state index in [0.29, 0.717) is 11.6 Å². The average molecular weight is 280 g/mol. The molecular formula is C13H14ClN3O2. The van der Waals surface area contributed by atoms with Crippen molar-refractivity contribution in [3.63, 3.8) is 0 Å². The maximum atomic E-state index is 10.7. The van der Waals surface area contributed by atoms with E-state index >= 15 is 0 Å². The van der Waals surface area contributed by atoms with Gasteiger partial charge in [-0.15, -0.1) is 0 Å². The summed E-state index contributed by atoms with van der Waals surface area (Å²) in [5.74, 6) is -0.744. The molecule has 2 aromatic rings. The molecule has 1 heterocycles. The minimum absolute atomic E-state index is 0.103. The predicted molar refractivity (Wildman–Crippen MR) is 73.7 cm³/mol. The lowest BCUT2D eigenvalue weighted by atomic mass is 10.1. The first-order chi connectivity index (χ1) is 9.09. The minimum Gasteiger partial charge on any atom is -0.382 e. The number of aliphatic hydroxyl groups is 1. The summed E-state index contributed by atoms with van der Waals surface area (Å²) in [7, 11) is 0. The summed E-state index contributed by atoms with van der Waals surface area (Å²) in [5, 5.41) is 13.8. The Balaban J connectivity index is 2.13. The maximum Gasteiger partial charge on any atom is 0.247 e. The Hall–Kier alpha value is -1.69. The number of nitrogens with one attached hydrogen (secondary N) is 1. The highest BCUT2D eigenvalue weighted by Gasteiger charge is 2.10. The summed E-state index contributed by atoms with van der Waals surface area (Å²) in [6.07, 6.45) is 0.506. The molecule has 0 aliphatic heterocycles. The molecule has 1 aromatic carbocycles. The largest absolute Gasteiger partial charge is 0.382 e. The van der Waals surface area contributed by atoms with Crippen LogP contribution in [0.5, 0.6) is 0 Å². The molecule has 1 atom stereocenters. The predicted octanol–water partition coefficient (Wildman–Crippen LogP) is 0.824. The van der Waals surface area contributed by atoms with Crippen LogP contribution in [0.3, 0.4) is 0 Å². The van der Waals surface area contributed by atoms with E-state index in [1.165, 1.54) is 0 Å². The number of amides is 1. The number of primary amides is 1. The summed E-state index contributed by atoms with van der Waals surface area (Å²) in [6.45, 7) is 0.571. The van der Waals surface area contributed by atoms with Gasteiger partial charge in [0.25, 0.3) is 0 Å². The van der Waals surface area contributed by atoms with Crippen LogP contribution in [-0.4, -0.2) is 28.6 Å². The molecule has 19 heavy (non-hydrogen) atoms. The fourth-order valence-corrected chi connectivity index (χ4v) is 2.00. The topological polar surface area (TPSA) is 88.2 Å². The number of nitrogens with zero attached hydrogens (tertiary/aromatic N) is 1. The first-order valence-electron chi connectivity index (χ1n) is 5.80. The summed E-state index contributed by atoms with van der Waals surface area (Å²) < 4.78 is 0. The SMILES string of the molecule is NC(=O)C(O)CNCc1ccc(Cl)c2cccnc12. The Labute approximate surface area is 115 Å². The van der Waals surface area contributed by atoms with Crippen LogP contribution in [0.1, 0.15) is 5.56 Å². The molecule has 1 aromatic heterocycles. The number of carbonyl (C=O) groups is 1. The van der Waals surface area contributed by atoms with Crippen LogP contribution in [-0.2, 0) is 11.3 Å². The number of halogens is 1. The first kappa shape index (κ1) is 13.7. The Morgan fingerprint density at radius 1 is 1.47 bits per heavy atom. The van der Waals surface area contributed by atoms with E-state index in [1.54, 1.807) is 12.3 Å². The van der Waals surface area contributed by atoms with E-state index < -0.39 is 12.0 Å². The number of fused-ring (bicyclic) bond motifs is 1. The van der Waals surface area contributed by atoms with Crippen molar-refractivity contribution in [1.29, 1.82) is 0 Å². The quantitative estimate of drug-likeness (QED) is 0.756. The normalized spacial score (nSPS) is 12.5. The van der Waals surface area contributed by atoms with Crippen LogP contribution >= 0.6 is 11.6 Å². The zero-order chi connectivity index (χ0) is 13.8. The highest BCUT2D eigenvalue weighted by Crippen LogP contribution is 2.24. The third kappa shape index (κ3) is 3.20. The van der Waals surface area contributed by atoms with Gasteiger partial charge in [0, 0.05) is 29.7 Å². The summed E-state index contributed by atoms with van der Waals surface area (Å²) in [5.41, 5.74) is 6.71. The van der Waals surface area contributed by atoms with E-state index in [-0.39, 0.29) is 6.54 Å². The molecule has 0 saturated carbocycles. The number of hydrogen-bond donors (Lipinski definition) is 3. The lowest BCUT2D eigenvalue weighted by molar-refractivity contribution is -0.125. The molecule has 0 aliphatic carbocycles. The molecule has 0 spiro atoms. The molecule has 2 rings (SSSR count). The number of hydrogen-bond acceptors (Lipinski definition) is 4. The lowest BCUT2D eigenvalue weighted by Crippen LogP contribution is -2.37. The molecule has 0 radical (unpaired) electrons. The molecular weight excluding hydrogens is 266 g/mol. The van der Waals surface area contributed by atoms with E-state index in [2.05, 4.69) is 10.3 Å². The molecule has 5 nitrogen and oxygen atoms in total. The molecule has 0 fully saturated rings. The second kappa shape index (κ2) is 5.97. The highest BCUT2D eigenvalue weighted by atomic mass is 35.5. The van der Waals surface area contributed by atoms with Crippen molar-refractivity contribution in [2.45, 2.75) is 12.6 Å². The number of carbonyl (C=O) groups excluding carboxylic acids is 1. The van der Waals surface area contributed by atoms with Crippen molar-refractivity contribution < 1.29 is 9.90 Å². The number of pyridine rings is 1. The lowest BCUT2D eigenvalue weighted by Gasteiger charge is -2.10. The van der Waals surface area contributed by atoms with Gasteiger partial charge in [0.2, 0.25) is 5.91 Å². The third-order valence-electron chi connectivity index (χ3n) is 2.78. The summed E-state index contributed by atoms with van der Waals surface area (Å²) in [6, 6.07) is 7.38. The van der Waals surface area contributed by atoms with Crippen molar-refractivity contribution >= 4 is 28.4 Å². The summed E-state index contributed by atoms with van der Waals surface area (Å²) in [4.78, 5) is 15.0. The number of benzene rings is 1. The number of rotatable bonds is 5. The van der Waals surface area contributed by atoms with Crippen LogP contribution in [0.25, 0.3) is 10.9 Å². The number of nitrogens with two attached hydrogens (primary N) is 1. The molecule has 0 bridgehead atoms. The van der Waals surface area contributed by atoms with Crippen molar-refractivity contribution in [3.8, 4) is 0 Å². The molecule has 100 valence electrons. The molecule has 0 aliphatic rings. The molecule has 6 heteroatoms. The van der Waals surface area contributed by atoms with Gasteiger partial charge in [-0.25, -0.2) is 0 Å². The van der Waals surface area contributed by atoms with Crippen molar-refractivity contribution in [2.75, 3.05) is 6.54 Å². The van der Waals surface area contributed by atoms with Crippen LogP contribution in [0.4, 0.5) is 0 Å². The van der Waals surface area contributed by atoms with E-state index in [4.69, 9.17) is 17.3 Å². The Bertz CT molecular complexity index is 603. The van der Waals surface area contributed by atoms with E-state index in [1.807, 2.05) is 18.2 Å². The van der Waals surface area contributed by atoms with Gasteiger partial charge in [-0.1, -0.05) is 17.7 Å². The van der Waals surface area contributed by atoms with Crippen LogP contribution in [0, 0.1) is 0 Å². The average Bonchev–Trinajstić information content (AvgIpc) is 2.41. The van der Waals surface area contributed by atoms with Gasteiger partial charge in [-0.2, -0.15) is 0 Å². The Kier molecular flexibility index (Phi) is 4.31. The number of aromatic nitrogens is 1. The summed E-state index contributed by atoms with van der Waals surface area (Å²) >= 11 is 6.09. The van der Waals surface area contributed by atoms with Crippen molar-refractivity contribution in [1.82, 2.24) is 10.3 Å². The van der Waals surface area contributed by atoms with Gasteiger partial charge < -0.3 is 16.2 Å². The van der Waals surface area contributed by atoms with Crippen molar-refractivity contribution in [2.24, 2.45) is 5.73 Å². The van der Waals surface area contributed by atoms with Crippen LogP contribution in [0.15, 0.2) is 30.5 Å². The van der Waals surface area contributed by atoms with E-state index in [9.17, 15) is 9.90 Å². The Morgan fingerprint density at radius 3 is 3.00 bits per heavy atom. The van der Waals surface area contributed by atoms with Crippen LogP contribution < -0.4 is 11.1 Å². The van der Waals surface area contributed by atoms with Gasteiger partial charge in [0.05, 0.1) is 5.52 Å². The number of aliphatic hydroxyl groups excluding tert-OH is 1. The van der Waals surface area contributed by atoms with E-state index in [0.717, 1.165) is 16.5 Å². The fraction of sp³-hybridized carbons (Fsp3) is 0.231. The zero-order valence-corrected chi connectivity index (χ0v) is 10.9. The van der Waals surface area contributed by atoms with Gasteiger partial charge in [0.15, 0.2) is 0 Å². The van der Waals surface area contributed by atoms with Gasteiger partial charge in [-0.05, 0) is 23.8 Å². The Morgan fingerprint density at radius 2 is 2.26 bits per heavy atom. The van der Waals surface area contributed by atoms with Gasteiger partial charge >= 0.3 is 0 Å². The van der Waals surface area contributed by atoms with Crippen molar-refractivity contribution in [3.05, 3.63) is 41.0 Å². The fourth-order valence-electron chi connectivity index (χ4n) is 1.78. The smallest absolute Gasteiger partial charge is 0.247 e. The minimum atomic E-state index is -1.19. The molecule has 4 N–H and O–H groups in total. The van der Waals surface area contributed by atoms with Gasteiger partial charge in [-0.3, -0.25) is 9.78 Å². The maximum absolute atomic E-state index is 10.7. The molecule has 1 amide bonds. The monoisotopic (exact) mass is 279 g/mol. The highest BCUT2D eigenvalue weighted by molar-refractivity contribution is 6.35. The second-order valence-corrected chi connectivity index (χ2v) is 4.56. The second-order valence-electron chi connectivity index (χ2n) is 4.16. The third-order valence-corrected chi connectivity index (χ3v) is 3.11. The standard InChI is InChI=1S/C13H14ClN3O2/c14-10-4-3-8(6-16-7-11(18)13(15)19)12-9(10)2-1-5-17-12/h1-5,11,16,18H,6-7H2,(H2,15,19). The van der Waals surface area contributed by atoms with Crippen LogP contribution in [0.2, 0.25) is 5.02 Å². The first-order valence-corrected chi connectivity index (χ1v) is 6.17. The zero-order valence-electron chi connectivity index (χ0n) is 10.1.